The van der Waals surface area contributed by atoms with Crippen LogP contribution in [0, 0.1) is 5.41 Å². The minimum atomic E-state index is -0.922. The van der Waals surface area contributed by atoms with Crippen LogP contribution in [0.3, 0.4) is 0 Å². The second kappa shape index (κ2) is 18.1. The van der Waals surface area contributed by atoms with Crippen molar-refractivity contribution in [2.45, 2.75) is 117 Å². The number of methoxy groups -OCH3 is 1. The maximum Gasteiger partial charge on any atom is 0.276 e. The summed E-state index contributed by atoms with van der Waals surface area (Å²) in [6, 6.07) is 16.4. The van der Waals surface area contributed by atoms with Crippen LogP contribution >= 0.6 is 0 Å². The first-order valence-electron chi connectivity index (χ1n) is 25.2. The summed E-state index contributed by atoms with van der Waals surface area (Å²) in [6.45, 7) is 16.0. The minimum absolute atomic E-state index is 0.111. The molecule has 0 saturated carbocycles. The number of benzene rings is 1. The molecule has 0 radical (unpaired) electrons. The fourth-order valence-electron chi connectivity index (χ4n) is 12.4. The quantitative estimate of drug-likeness (QED) is 0.134. The van der Waals surface area contributed by atoms with Crippen LogP contribution in [-0.4, -0.2) is 122 Å². The van der Waals surface area contributed by atoms with E-state index in [-0.39, 0.29) is 35.6 Å². The molecule has 3 N–H and O–H groups in total. The van der Waals surface area contributed by atoms with E-state index in [0.29, 0.717) is 78.2 Å². The third kappa shape index (κ3) is 8.45. The summed E-state index contributed by atoms with van der Waals surface area (Å²) < 4.78 is 7.88. The molecule has 17 nitrogen and oxygen atoms in total. The Morgan fingerprint density at radius 3 is 2.38 bits per heavy atom. The highest BCUT2D eigenvalue weighted by atomic mass is 16.5. The van der Waals surface area contributed by atoms with Crippen molar-refractivity contribution in [1.82, 2.24) is 34.6 Å². The number of nitrogens with one attached hydrogen (secondary N) is 2. The zero-order valence-electron chi connectivity index (χ0n) is 41.4. The lowest BCUT2D eigenvalue weighted by atomic mass is 9.90. The molecule has 17 heteroatoms. The van der Waals surface area contributed by atoms with Crippen LogP contribution in [0.4, 0.5) is 28.7 Å². The largest absolute Gasteiger partial charge is 0.480 e. The molecule has 3 saturated heterocycles. The Morgan fingerprint density at radius 1 is 0.817 bits per heavy atom. The number of aliphatic hydroxyl groups excluding tert-OH is 1. The lowest BCUT2D eigenvalue weighted by Gasteiger charge is -2.48. The molecule has 370 valence electrons. The van der Waals surface area contributed by atoms with Crippen LogP contribution < -0.4 is 30.1 Å². The Hall–Kier alpha value is -6.85. The van der Waals surface area contributed by atoms with Crippen molar-refractivity contribution in [1.29, 1.82) is 0 Å². The van der Waals surface area contributed by atoms with Crippen molar-refractivity contribution in [3.63, 3.8) is 0 Å². The number of anilines is 5. The first-order chi connectivity index (χ1) is 34.1. The van der Waals surface area contributed by atoms with Crippen LogP contribution in [0.1, 0.15) is 110 Å². The summed E-state index contributed by atoms with van der Waals surface area (Å²) >= 11 is 0. The molecular weight excluding hydrogens is 899 g/mol. The second-order valence-electron chi connectivity index (χ2n) is 21.2. The predicted octanol–water partition coefficient (Wildman–Crippen LogP) is 6.26. The lowest BCUT2D eigenvalue weighted by Crippen LogP contribution is -2.58. The van der Waals surface area contributed by atoms with Crippen molar-refractivity contribution in [2.75, 3.05) is 59.9 Å². The number of aliphatic hydroxyl groups is 1. The summed E-state index contributed by atoms with van der Waals surface area (Å²) in [5.41, 5.74) is 9.70. The van der Waals surface area contributed by atoms with Gasteiger partial charge in [0.25, 0.3) is 11.8 Å². The molecule has 1 aromatic carbocycles. The maximum absolute atomic E-state index is 14.1. The van der Waals surface area contributed by atoms with Gasteiger partial charge in [0, 0.05) is 111 Å². The molecule has 11 rings (SSSR count). The molecule has 71 heavy (non-hydrogen) atoms. The fourth-order valence-corrected chi connectivity index (χ4v) is 12.4. The van der Waals surface area contributed by atoms with Crippen molar-refractivity contribution in [3.8, 4) is 17.0 Å². The van der Waals surface area contributed by atoms with Crippen molar-refractivity contribution >= 4 is 52.3 Å². The van der Waals surface area contributed by atoms with Crippen LogP contribution in [0.25, 0.3) is 11.1 Å². The number of hydrogen-bond acceptors (Lipinski definition) is 13. The normalized spacial score (nSPS) is 23.6. The summed E-state index contributed by atoms with van der Waals surface area (Å²) in [6.07, 6.45) is 8.95. The van der Waals surface area contributed by atoms with E-state index < -0.39 is 18.1 Å². The number of carbonyl (C=O) groups is 4. The van der Waals surface area contributed by atoms with Crippen LogP contribution in [0.15, 0.2) is 67.1 Å². The van der Waals surface area contributed by atoms with Gasteiger partial charge in [-0.15, -0.1) is 0 Å². The SMILES string of the molecule is COc1ncc(-c2ccnc(N3CCn4c(cc5c4CC(C)(C)C5)C3=O)c2[C@@H](C)O)cc1Nc1ccc(N2CCN(C3CCN(c4ccc5c(c4)CN([C@H]4CCC(=O)NC4=O)C5=O)[C@H](C)C3)C[C@@H]2C)cn1. The first kappa shape index (κ1) is 46.5. The lowest BCUT2D eigenvalue weighted by molar-refractivity contribution is -0.136. The third-order valence-electron chi connectivity index (χ3n) is 15.8. The average Bonchev–Trinajstić information content (AvgIpc) is 3.97. The number of aromatic nitrogens is 4. The zero-order chi connectivity index (χ0) is 49.5. The van der Waals surface area contributed by atoms with Gasteiger partial charge in [0.15, 0.2) is 0 Å². The number of amides is 4. The molecule has 1 unspecified atom stereocenters. The summed E-state index contributed by atoms with van der Waals surface area (Å²) in [5, 5.41) is 17.1. The predicted molar refractivity (Wildman–Crippen MR) is 270 cm³/mol. The monoisotopic (exact) mass is 961 g/mol. The number of piperidine rings is 2. The van der Waals surface area contributed by atoms with Crippen LogP contribution in [0.2, 0.25) is 0 Å². The van der Waals surface area contributed by atoms with Gasteiger partial charge in [0.2, 0.25) is 17.7 Å². The van der Waals surface area contributed by atoms with E-state index in [4.69, 9.17) is 14.7 Å². The average molecular weight is 962 g/mol. The Kier molecular flexibility index (Phi) is 11.8. The second-order valence-corrected chi connectivity index (χ2v) is 21.2. The molecule has 5 aliphatic heterocycles. The Bertz CT molecular complexity index is 2950. The minimum Gasteiger partial charge on any atom is -0.480 e. The molecule has 5 atom stereocenters. The number of fused-ring (bicyclic) bond motifs is 4. The third-order valence-corrected chi connectivity index (χ3v) is 15.8. The molecule has 3 fully saturated rings. The first-order valence-corrected chi connectivity index (χ1v) is 25.2. The number of rotatable bonds is 10. The molecule has 4 aromatic heterocycles. The van der Waals surface area contributed by atoms with E-state index in [1.54, 1.807) is 36.2 Å². The molecule has 5 aromatic rings. The number of piperazine rings is 1. The number of ether oxygens (including phenoxy) is 1. The van der Waals surface area contributed by atoms with Gasteiger partial charge in [-0.3, -0.25) is 34.3 Å². The summed E-state index contributed by atoms with van der Waals surface area (Å²) in [7, 11) is 1.58. The summed E-state index contributed by atoms with van der Waals surface area (Å²) in [4.78, 5) is 76.8. The molecule has 0 spiro atoms. The number of pyridine rings is 3. The highest BCUT2D eigenvalue weighted by molar-refractivity contribution is 6.07. The van der Waals surface area contributed by atoms with Crippen LogP contribution in [-0.2, 0) is 35.5 Å². The highest BCUT2D eigenvalue weighted by Crippen LogP contribution is 2.42. The van der Waals surface area contributed by atoms with Gasteiger partial charge in [-0.1, -0.05) is 13.8 Å². The smallest absolute Gasteiger partial charge is 0.276 e. The fraction of sp³-hybridized carbons (Fsp3) is 0.463. The van der Waals surface area contributed by atoms with Crippen molar-refractivity contribution in [3.05, 3.63) is 101 Å². The molecule has 1 aliphatic carbocycles. The Labute approximate surface area is 414 Å². The van der Waals surface area contributed by atoms with E-state index in [2.05, 4.69) is 80.8 Å². The van der Waals surface area contributed by atoms with Gasteiger partial charge >= 0.3 is 0 Å². The standard InChI is InChI=1S/C54H63N11O6/c1-31-21-37(14-16-61(31)38-7-9-41-36(22-38)30-65(52(41)69)43-10-12-47(67)59-50(43)68)60-17-18-62(32(2)29-60)39-8-11-46(56-28-39)58-42-23-35(27-57-51(42)71-6)40-13-15-55-49(48(40)33(3)66)64-20-19-63-44(53(64)70)24-34-25-54(4,5)26-45(34)63/h7-9,11,13,15,22-24,27-28,31-33,37,43,66H,10,12,14,16-21,25-26,29-30H2,1-6H3,(H,56,58)(H,59,67,68)/t31-,32+,33-,37?,43+/m1/s1. The number of carbonyl (C=O) groups excluding carboxylic acids is 4. The van der Waals surface area contributed by atoms with Crippen molar-refractivity contribution < 1.29 is 29.0 Å². The van der Waals surface area contributed by atoms with Gasteiger partial charge in [-0.25, -0.2) is 15.0 Å². The van der Waals surface area contributed by atoms with E-state index in [0.717, 1.165) is 79.9 Å². The topological polar surface area (TPSA) is 182 Å². The number of nitrogens with zero attached hydrogens (tertiary/aromatic N) is 9. The molecule has 4 amide bonds. The van der Waals surface area contributed by atoms with Gasteiger partial charge in [-0.2, -0.15) is 0 Å². The Balaban J connectivity index is 0.728. The maximum atomic E-state index is 14.1. The zero-order valence-corrected chi connectivity index (χ0v) is 41.4. The van der Waals surface area contributed by atoms with Crippen LogP contribution in [0.5, 0.6) is 5.88 Å². The molecule has 0 bridgehead atoms. The van der Waals surface area contributed by atoms with Gasteiger partial charge in [-0.05, 0) is 124 Å². The highest BCUT2D eigenvalue weighted by Gasteiger charge is 2.41. The van der Waals surface area contributed by atoms with Gasteiger partial charge < -0.3 is 34.4 Å². The number of hydrogen-bond donors (Lipinski definition) is 3. The van der Waals surface area contributed by atoms with E-state index in [1.807, 2.05) is 36.5 Å². The van der Waals surface area contributed by atoms with E-state index in [1.165, 1.54) is 11.3 Å². The van der Waals surface area contributed by atoms with Gasteiger partial charge in [0.05, 0.1) is 25.1 Å². The molecular formula is C54H63N11O6. The van der Waals surface area contributed by atoms with E-state index in [9.17, 15) is 24.3 Å². The molecule has 6 aliphatic rings. The Morgan fingerprint density at radius 2 is 1.63 bits per heavy atom. The van der Waals surface area contributed by atoms with E-state index >= 15 is 0 Å². The number of imide groups is 1. The summed E-state index contributed by atoms with van der Waals surface area (Å²) in [5.74, 6) is 0.532. The van der Waals surface area contributed by atoms with Crippen molar-refractivity contribution in [2.24, 2.45) is 5.41 Å². The molecule has 9 heterocycles. The van der Waals surface area contributed by atoms with Gasteiger partial charge in [0.1, 0.15) is 29.1 Å².